The van der Waals surface area contributed by atoms with Crippen LogP contribution in [0.2, 0.25) is 0 Å². The van der Waals surface area contributed by atoms with E-state index in [-0.39, 0.29) is 11.3 Å². The van der Waals surface area contributed by atoms with Crippen molar-refractivity contribution in [2.45, 2.75) is 6.54 Å². The predicted octanol–water partition coefficient (Wildman–Crippen LogP) is 3.33. The number of pyridine rings is 2. The molecule has 4 rings (SSSR count). The molecule has 0 bridgehead atoms. The minimum Gasteiger partial charge on any atom is -0.489 e. The number of nitrogens with one attached hydrogen (secondary N) is 1. The molecule has 3 N–H and O–H groups in total. The van der Waals surface area contributed by atoms with Gasteiger partial charge in [0.25, 0.3) is 0 Å². The topological polar surface area (TPSA) is 95.4 Å². The van der Waals surface area contributed by atoms with Crippen LogP contribution >= 0.6 is 0 Å². The maximum Gasteiger partial charge on any atom is 0.139 e. The predicted molar refractivity (Wildman–Crippen MR) is 131 cm³/mol. The van der Waals surface area contributed by atoms with Crippen LogP contribution in [0.5, 0.6) is 5.75 Å². The Balaban J connectivity index is 1.49. The molecule has 0 radical (unpaired) electrons. The third-order valence-electron chi connectivity index (χ3n) is 5.20. The third kappa shape index (κ3) is 5.82. The second-order valence-electron chi connectivity index (χ2n) is 7.64. The number of hydrogen-bond donors (Lipinski definition) is 2. The van der Waals surface area contributed by atoms with E-state index in [1.807, 2.05) is 12.1 Å². The van der Waals surface area contributed by atoms with Crippen LogP contribution in [0.15, 0.2) is 59.5 Å². The normalized spacial score (nSPS) is 12.3. The highest BCUT2D eigenvalue weighted by Gasteiger charge is 2.07. The molecule has 1 aromatic carbocycles. The fourth-order valence-electron chi connectivity index (χ4n) is 3.37. The first-order valence-corrected chi connectivity index (χ1v) is 10.7. The van der Waals surface area contributed by atoms with Gasteiger partial charge in [-0.05, 0) is 30.4 Å². The number of ether oxygens (including phenoxy) is 2. The van der Waals surface area contributed by atoms with Crippen molar-refractivity contribution >= 4 is 35.1 Å². The first-order valence-electron chi connectivity index (χ1n) is 10.7. The first kappa shape index (κ1) is 23.9. The summed E-state index contributed by atoms with van der Waals surface area (Å²) in [6.07, 6.45) is 8.05. The molecule has 35 heavy (non-hydrogen) atoms. The number of methoxy groups -OCH3 is 1. The Morgan fingerprint density at radius 2 is 1.97 bits per heavy atom. The van der Waals surface area contributed by atoms with Gasteiger partial charge in [0, 0.05) is 54.0 Å². The zero-order valence-electron chi connectivity index (χ0n) is 19.1. The number of aromatic nitrogens is 2. The van der Waals surface area contributed by atoms with Crippen LogP contribution in [0.25, 0.3) is 29.4 Å². The molecule has 0 saturated heterocycles. The number of furan rings is 1. The van der Waals surface area contributed by atoms with Gasteiger partial charge in [0.15, 0.2) is 0 Å². The van der Waals surface area contributed by atoms with Crippen molar-refractivity contribution in [2.75, 3.05) is 25.6 Å². The number of allylic oxidation sites excluding steroid dienone is 1. The summed E-state index contributed by atoms with van der Waals surface area (Å²) in [7, 11) is 1.61. The van der Waals surface area contributed by atoms with Gasteiger partial charge in [0.2, 0.25) is 0 Å². The summed E-state index contributed by atoms with van der Waals surface area (Å²) in [6.45, 7) is 5.41. The van der Waals surface area contributed by atoms with Crippen molar-refractivity contribution in [3.63, 3.8) is 0 Å². The number of halogens is 2. The fraction of sp³-hybridized carbons (Fsp3) is 0.154. The number of nitrogens with zero attached hydrogens (tertiary/aromatic N) is 2. The Labute approximate surface area is 200 Å². The van der Waals surface area contributed by atoms with Crippen LogP contribution in [-0.2, 0) is 11.3 Å². The number of benzene rings is 1. The molecule has 0 saturated carbocycles. The number of anilines is 1. The zero-order chi connectivity index (χ0) is 24.8. The molecule has 180 valence electrons. The lowest BCUT2D eigenvalue weighted by atomic mass is 10.1. The number of nitrogens with two attached hydrogens (primary N) is 1. The Morgan fingerprint density at radius 3 is 2.74 bits per heavy atom. The molecule has 0 spiro atoms. The van der Waals surface area contributed by atoms with E-state index >= 15 is 0 Å². The Morgan fingerprint density at radius 1 is 1.17 bits per heavy atom. The number of fused-ring (bicyclic) bond motifs is 1. The summed E-state index contributed by atoms with van der Waals surface area (Å²) in [6, 6.07) is 6.76. The largest absolute Gasteiger partial charge is 0.489 e. The summed E-state index contributed by atoms with van der Waals surface area (Å²) in [5.41, 5.74) is 9.89. The van der Waals surface area contributed by atoms with Gasteiger partial charge in [0.1, 0.15) is 34.9 Å². The minimum absolute atomic E-state index is 0.193. The lowest BCUT2D eigenvalue weighted by Crippen LogP contribution is -2.22. The maximum absolute atomic E-state index is 13.4. The van der Waals surface area contributed by atoms with E-state index < -0.39 is 11.6 Å². The molecule has 9 heteroatoms. The molecule has 0 aliphatic rings. The van der Waals surface area contributed by atoms with Crippen LogP contribution in [0.4, 0.5) is 14.5 Å². The van der Waals surface area contributed by atoms with E-state index in [4.69, 9.17) is 19.6 Å². The van der Waals surface area contributed by atoms with E-state index in [0.29, 0.717) is 47.2 Å². The van der Waals surface area contributed by atoms with Gasteiger partial charge in [0.05, 0.1) is 30.3 Å². The molecule has 0 aliphatic heterocycles. The Bertz CT molecular complexity index is 1460. The van der Waals surface area contributed by atoms with E-state index in [1.54, 1.807) is 31.8 Å². The second-order valence-corrected chi connectivity index (χ2v) is 7.64. The highest BCUT2D eigenvalue weighted by atomic mass is 19.1. The van der Waals surface area contributed by atoms with Crippen molar-refractivity contribution in [1.29, 1.82) is 0 Å². The minimum atomic E-state index is -0.700. The number of rotatable bonds is 9. The van der Waals surface area contributed by atoms with E-state index in [0.717, 1.165) is 29.4 Å². The molecule has 3 aromatic heterocycles. The summed E-state index contributed by atoms with van der Waals surface area (Å²) in [5, 5.41) is 3.99. The third-order valence-corrected chi connectivity index (χ3v) is 5.20. The van der Waals surface area contributed by atoms with Crippen LogP contribution in [0, 0.1) is 11.6 Å². The van der Waals surface area contributed by atoms with E-state index in [1.165, 1.54) is 6.08 Å². The molecule has 0 unspecified atom stereocenters. The maximum atomic E-state index is 13.4. The summed E-state index contributed by atoms with van der Waals surface area (Å²) in [5.74, 6) is -0.787. The molecule has 4 aromatic rings. The van der Waals surface area contributed by atoms with Crippen LogP contribution in [0.1, 0.15) is 11.1 Å². The molecule has 7 nitrogen and oxygen atoms in total. The monoisotopic (exact) mass is 478 g/mol. The van der Waals surface area contributed by atoms with E-state index in [9.17, 15) is 8.78 Å². The molecule has 0 aliphatic carbocycles. The molecule has 3 heterocycles. The van der Waals surface area contributed by atoms with Crippen molar-refractivity contribution in [1.82, 2.24) is 9.97 Å². The van der Waals surface area contributed by atoms with Gasteiger partial charge in [-0.1, -0.05) is 6.58 Å². The summed E-state index contributed by atoms with van der Waals surface area (Å²) >= 11 is 0. The van der Waals surface area contributed by atoms with Gasteiger partial charge in [-0.15, -0.1) is 0 Å². The van der Waals surface area contributed by atoms with Gasteiger partial charge < -0.3 is 24.9 Å². The molecule has 0 amide bonds. The lowest BCUT2D eigenvalue weighted by Gasteiger charge is -2.09. The first-order chi connectivity index (χ1) is 16.9. The van der Waals surface area contributed by atoms with Crippen molar-refractivity contribution < 1.29 is 22.7 Å². The summed E-state index contributed by atoms with van der Waals surface area (Å²) < 4.78 is 43.1. The molecule has 0 fully saturated rings. The number of hydrogen-bond acceptors (Lipinski definition) is 7. The average molecular weight is 478 g/mol. The van der Waals surface area contributed by atoms with Crippen molar-refractivity contribution in [3.8, 4) is 5.75 Å². The smallest absolute Gasteiger partial charge is 0.139 e. The molecular weight excluding hydrogens is 454 g/mol. The van der Waals surface area contributed by atoms with Crippen molar-refractivity contribution in [3.05, 3.63) is 88.5 Å². The van der Waals surface area contributed by atoms with Crippen molar-refractivity contribution in [2.24, 2.45) is 5.73 Å². The highest BCUT2D eigenvalue weighted by Crippen LogP contribution is 2.23. The van der Waals surface area contributed by atoms with Gasteiger partial charge >= 0.3 is 0 Å². The standard InChI is InChI=1S/C26H24F2N4O3/c1-16-18(15-35-25(16)4-3-22(29)17-9-19(27)11-20(28)10-17)13-31-23-5-6-30-24-12-21(14-32-26(23)24)34-8-7-33-2/h3-6,9-12,14-15H,1,7-8,13,29H2,2H3,(H,30,31)/b22-3-,25-4+. The lowest BCUT2D eigenvalue weighted by molar-refractivity contribution is 0.146. The SMILES string of the molecule is C=c1c(CNc2ccnc3cc(OCCOC)cnc23)co/c1=C/C=C(\N)c1cc(F)cc(F)c1. The average Bonchev–Trinajstić information content (AvgIpc) is 3.19. The zero-order valence-corrected chi connectivity index (χ0v) is 19.1. The Kier molecular flexibility index (Phi) is 7.37. The highest BCUT2D eigenvalue weighted by molar-refractivity contribution is 5.87. The fourth-order valence-corrected chi connectivity index (χ4v) is 3.37. The van der Waals surface area contributed by atoms with Crippen LogP contribution in [-0.4, -0.2) is 30.3 Å². The van der Waals surface area contributed by atoms with Crippen LogP contribution < -0.4 is 26.4 Å². The quantitative estimate of drug-likeness (QED) is 0.356. The van der Waals surface area contributed by atoms with Crippen LogP contribution in [0.3, 0.4) is 0 Å². The van der Waals surface area contributed by atoms with Gasteiger partial charge in [-0.2, -0.15) is 0 Å². The molecule has 0 atom stereocenters. The van der Waals surface area contributed by atoms with Gasteiger partial charge in [-0.25, -0.2) is 13.8 Å². The second kappa shape index (κ2) is 10.8. The van der Waals surface area contributed by atoms with E-state index in [2.05, 4.69) is 21.9 Å². The van der Waals surface area contributed by atoms with Gasteiger partial charge in [-0.3, -0.25) is 4.98 Å². The summed E-state index contributed by atoms with van der Waals surface area (Å²) in [4.78, 5) is 8.85. The Hall–Kier alpha value is -4.24. The molecular formula is C26H24F2N4O3.